The van der Waals surface area contributed by atoms with Crippen molar-refractivity contribution < 1.29 is 9.84 Å². The number of aliphatic hydroxyl groups is 1. The molecule has 0 heterocycles. The highest BCUT2D eigenvalue weighted by atomic mass is 16.5. The Bertz CT molecular complexity index is 347. The summed E-state index contributed by atoms with van der Waals surface area (Å²) in [4.78, 5) is 0. The van der Waals surface area contributed by atoms with Crippen LogP contribution in [0.4, 0.5) is 0 Å². The minimum atomic E-state index is -0.162. The van der Waals surface area contributed by atoms with Crippen molar-refractivity contribution in [3.63, 3.8) is 0 Å². The molecule has 0 aromatic heterocycles. The summed E-state index contributed by atoms with van der Waals surface area (Å²) in [6.07, 6.45) is 2.11. The van der Waals surface area contributed by atoms with Crippen LogP contribution in [-0.2, 0) is 5.41 Å². The topological polar surface area (TPSA) is 55.5 Å². The number of benzene rings is 1. The third kappa shape index (κ3) is 1.73. The molecule has 0 radical (unpaired) electrons. The number of hydrogen-bond donors (Lipinski definition) is 2. The zero-order valence-corrected chi connectivity index (χ0v) is 8.94. The number of hydrogen-bond acceptors (Lipinski definition) is 3. The molecule has 2 rings (SSSR count). The summed E-state index contributed by atoms with van der Waals surface area (Å²) in [5.41, 5.74) is 7.12. The standard InChI is InChI=1S/C12H17NO2/c1-15-10-4-2-3-9(7-10)12(5-6-12)11(13)8-14/h2-4,7,11,14H,5-6,8,13H2,1H3. The van der Waals surface area contributed by atoms with Crippen LogP contribution in [0.5, 0.6) is 5.75 Å². The summed E-state index contributed by atoms with van der Waals surface area (Å²) >= 11 is 0. The van der Waals surface area contributed by atoms with Crippen molar-refractivity contribution in [2.45, 2.75) is 24.3 Å². The normalized spacial score (nSPS) is 19.7. The number of methoxy groups -OCH3 is 1. The first-order valence-electron chi connectivity index (χ1n) is 5.24. The van der Waals surface area contributed by atoms with Gasteiger partial charge in [0.15, 0.2) is 0 Å². The summed E-state index contributed by atoms with van der Waals surface area (Å²) in [7, 11) is 1.66. The second kappa shape index (κ2) is 3.83. The predicted molar refractivity (Wildman–Crippen MR) is 59.0 cm³/mol. The molecule has 1 fully saturated rings. The Balaban J connectivity index is 2.29. The summed E-state index contributed by atoms with van der Waals surface area (Å²) in [6.45, 7) is 0.0389. The lowest BCUT2D eigenvalue weighted by Gasteiger charge is -2.22. The van der Waals surface area contributed by atoms with E-state index in [0.29, 0.717) is 0 Å². The van der Waals surface area contributed by atoms with Crippen LogP contribution >= 0.6 is 0 Å². The summed E-state index contributed by atoms with van der Waals surface area (Å²) in [5.74, 6) is 0.851. The van der Waals surface area contributed by atoms with E-state index in [4.69, 9.17) is 15.6 Å². The number of aliphatic hydroxyl groups excluding tert-OH is 1. The summed E-state index contributed by atoms with van der Waals surface area (Å²) in [5, 5.41) is 9.14. The van der Waals surface area contributed by atoms with E-state index in [0.717, 1.165) is 18.6 Å². The smallest absolute Gasteiger partial charge is 0.119 e. The zero-order chi connectivity index (χ0) is 10.9. The van der Waals surface area contributed by atoms with Crippen molar-refractivity contribution in [2.24, 2.45) is 5.73 Å². The maximum Gasteiger partial charge on any atom is 0.119 e. The molecule has 0 saturated heterocycles. The first kappa shape index (κ1) is 10.5. The van der Waals surface area contributed by atoms with Crippen LogP contribution in [0, 0.1) is 0 Å². The molecule has 1 aliphatic carbocycles. The Labute approximate surface area is 89.9 Å². The van der Waals surface area contributed by atoms with Gasteiger partial charge in [0.1, 0.15) is 5.75 Å². The summed E-state index contributed by atoms with van der Waals surface area (Å²) < 4.78 is 5.19. The van der Waals surface area contributed by atoms with E-state index >= 15 is 0 Å². The van der Waals surface area contributed by atoms with Gasteiger partial charge in [-0.2, -0.15) is 0 Å². The zero-order valence-electron chi connectivity index (χ0n) is 8.94. The van der Waals surface area contributed by atoms with Crippen molar-refractivity contribution in [2.75, 3.05) is 13.7 Å². The van der Waals surface area contributed by atoms with Gasteiger partial charge in [-0.3, -0.25) is 0 Å². The molecular formula is C12H17NO2. The number of rotatable bonds is 4. The molecule has 82 valence electrons. The second-order valence-electron chi connectivity index (χ2n) is 4.18. The maximum absolute atomic E-state index is 9.14. The van der Waals surface area contributed by atoms with Gasteiger partial charge in [0.05, 0.1) is 13.7 Å². The molecular weight excluding hydrogens is 190 g/mol. The number of nitrogens with two attached hydrogens (primary N) is 1. The van der Waals surface area contributed by atoms with E-state index in [9.17, 15) is 0 Å². The molecule has 3 nitrogen and oxygen atoms in total. The van der Waals surface area contributed by atoms with Crippen LogP contribution in [0.3, 0.4) is 0 Å². The quantitative estimate of drug-likeness (QED) is 0.775. The van der Waals surface area contributed by atoms with Gasteiger partial charge in [-0.15, -0.1) is 0 Å². The van der Waals surface area contributed by atoms with E-state index in [1.807, 2.05) is 18.2 Å². The van der Waals surface area contributed by atoms with Crippen LogP contribution in [0.1, 0.15) is 18.4 Å². The molecule has 0 amide bonds. The van der Waals surface area contributed by atoms with E-state index in [1.165, 1.54) is 5.56 Å². The first-order chi connectivity index (χ1) is 7.23. The van der Waals surface area contributed by atoms with Gasteiger partial charge in [0.25, 0.3) is 0 Å². The Morgan fingerprint density at radius 3 is 2.80 bits per heavy atom. The van der Waals surface area contributed by atoms with Gasteiger partial charge in [0.2, 0.25) is 0 Å². The Morgan fingerprint density at radius 1 is 1.53 bits per heavy atom. The van der Waals surface area contributed by atoms with Crippen molar-refractivity contribution in [3.05, 3.63) is 29.8 Å². The maximum atomic E-state index is 9.14. The summed E-state index contributed by atoms with van der Waals surface area (Å²) in [6, 6.07) is 7.81. The molecule has 0 spiro atoms. The van der Waals surface area contributed by atoms with Crippen molar-refractivity contribution in [1.29, 1.82) is 0 Å². The van der Waals surface area contributed by atoms with Crippen LogP contribution < -0.4 is 10.5 Å². The molecule has 3 heteroatoms. The Hall–Kier alpha value is -1.06. The molecule has 1 aromatic carbocycles. The lowest BCUT2D eigenvalue weighted by Crippen LogP contribution is -2.38. The molecule has 15 heavy (non-hydrogen) atoms. The highest BCUT2D eigenvalue weighted by molar-refractivity contribution is 5.39. The average molecular weight is 207 g/mol. The number of ether oxygens (including phenoxy) is 1. The van der Waals surface area contributed by atoms with Crippen LogP contribution in [0.25, 0.3) is 0 Å². The Morgan fingerprint density at radius 2 is 2.27 bits per heavy atom. The SMILES string of the molecule is COc1cccc(C2(C(N)CO)CC2)c1. The van der Waals surface area contributed by atoms with E-state index in [-0.39, 0.29) is 18.1 Å². The van der Waals surface area contributed by atoms with Gasteiger partial charge in [-0.1, -0.05) is 12.1 Å². The lowest BCUT2D eigenvalue weighted by atomic mass is 9.89. The molecule has 1 atom stereocenters. The van der Waals surface area contributed by atoms with E-state index in [1.54, 1.807) is 7.11 Å². The van der Waals surface area contributed by atoms with Crippen LogP contribution in [0.2, 0.25) is 0 Å². The minimum absolute atomic E-state index is 0.0106. The van der Waals surface area contributed by atoms with Crippen LogP contribution in [0.15, 0.2) is 24.3 Å². The molecule has 0 bridgehead atoms. The molecule has 3 N–H and O–H groups in total. The largest absolute Gasteiger partial charge is 0.497 e. The van der Waals surface area contributed by atoms with E-state index < -0.39 is 0 Å². The monoisotopic (exact) mass is 207 g/mol. The minimum Gasteiger partial charge on any atom is -0.497 e. The van der Waals surface area contributed by atoms with Gasteiger partial charge in [0, 0.05) is 11.5 Å². The molecule has 1 aliphatic rings. The third-order valence-electron chi connectivity index (χ3n) is 3.34. The first-order valence-corrected chi connectivity index (χ1v) is 5.24. The Kier molecular flexibility index (Phi) is 2.67. The van der Waals surface area contributed by atoms with Gasteiger partial charge in [-0.25, -0.2) is 0 Å². The van der Waals surface area contributed by atoms with Gasteiger partial charge in [-0.05, 0) is 30.5 Å². The predicted octanol–water partition coefficient (Wildman–Crippen LogP) is 1.05. The lowest BCUT2D eigenvalue weighted by molar-refractivity contribution is 0.242. The third-order valence-corrected chi connectivity index (χ3v) is 3.34. The van der Waals surface area contributed by atoms with E-state index in [2.05, 4.69) is 6.07 Å². The average Bonchev–Trinajstić information content (AvgIpc) is 3.09. The fourth-order valence-electron chi connectivity index (χ4n) is 2.12. The van der Waals surface area contributed by atoms with Crippen molar-refractivity contribution >= 4 is 0 Å². The second-order valence-corrected chi connectivity index (χ2v) is 4.18. The van der Waals surface area contributed by atoms with Gasteiger partial charge >= 0.3 is 0 Å². The van der Waals surface area contributed by atoms with Crippen molar-refractivity contribution in [3.8, 4) is 5.75 Å². The highest BCUT2D eigenvalue weighted by Crippen LogP contribution is 2.50. The molecule has 1 unspecified atom stereocenters. The van der Waals surface area contributed by atoms with Gasteiger partial charge < -0.3 is 15.6 Å². The molecule has 0 aliphatic heterocycles. The fraction of sp³-hybridized carbons (Fsp3) is 0.500. The molecule has 1 saturated carbocycles. The van der Waals surface area contributed by atoms with Crippen LogP contribution in [-0.4, -0.2) is 24.9 Å². The van der Waals surface area contributed by atoms with Crippen molar-refractivity contribution in [1.82, 2.24) is 0 Å². The fourth-order valence-corrected chi connectivity index (χ4v) is 2.12. The highest BCUT2D eigenvalue weighted by Gasteiger charge is 2.49. The molecule has 1 aromatic rings.